The van der Waals surface area contributed by atoms with E-state index in [1.807, 2.05) is 0 Å². The molecular weight excluding hydrogens is 238 g/mol. The van der Waals surface area contributed by atoms with Gasteiger partial charge in [0.2, 0.25) is 5.91 Å². The lowest BCUT2D eigenvalue weighted by Crippen LogP contribution is -2.41. The van der Waals surface area contributed by atoms with Gasteiger partial charge in [0.1, 0.15) is 0 Å². The molecule has 1 saturated heterocycles. The number of rotatable bonds is 9. The average Bonchev–Trinajstić information content (AvgIpc) is 2.44. The predicted molar refractivity (Wildman–Crippen MR) is 80.2 cm³/mol. The van der Waals surface area contributed by atoms with Crippen LogP contribution in [0.4, 0.5) is 0 Å². The van der Waals surface area contributed by atoms with Crippen LogP contribution in [-0.4, -0.2) is 50.1 Å². The number of nitrogens with zero attached hydrogens (tertiary/aromatic N) is 1. The maximum absolute atomic E-state index is 11.9. The van der Waals surface area contributed by atoms with Crippen LogP contribution < -0.4 is 10.6 Å². The van der Waals surface area contributed by atoms with Gasteiger partial charge in [0, 0.05) is 13.1 Å². The molecule has 19 heavy (non-hydrogen) atoms. The van der Waals surface area contributed by atoms with E-state index < -0.39 is 0 Å². The fraction of sp³-hybridized carbons (Fsp3) is 0.933. The largest absolute Gasteiger partial charge is 0.356 e. The standard InChI is InChI=1S/C15H31N3O/c1-3-10-18(11-4-2)12-6-9-17-15(19)14-7-5-8-16-13-14/h14,16H,3-13H2,1-2H3,(H,17,19). The van der Waals surface area contributed by atoms with E-state index in [2.05, 4.69) is 29.4 Å². The predicted octanol–water partition coefficient (Wildman–Crippen LogP) is 1.61. The van der Waals surface area contributed by atoms with Crippen LogP contribution in [0.5, 0.6) is 0 Å². The zero-order valence-corrected chi connectivity index (χ0v) is 12.7. The van der Waals surface area contributed by atoms with Crippen molar-refractivity contribution in [2.75, 3.05) is 39.3 Å². The van der Waals surface area contributed by atoms with Gasteiger partial charge in [-0.15, -0.1) is 0 Å². The van der Waals surface area contributed by atoms with Gasteiger partial charge in [0.05, 0.1) is 5.92 Å². The van der Waals surface area contributed by atoms with E-state index in [1.54, 1.807) is 0 Å². The topological polar surface area (TPSA) is 44.4 Å². The molecule has 0 spiro atoms. The maximum Gasteiger partial charge on any atom is 0.224 e. The Hall–Kier alpha value is -0.610. The highest BCUT2D eigenvalue weighted by Gasteiger charge is 2.20. The first-order chi connectivity index (χ1) is 9.27. The summed E-state index contributed by atoms with van der Waals surface area (Å²) >= 11 is 0. The van der Waals surface area contributed by atoms with Crippen molar-refractivity contribution >= 4 is 5.91 Å². The van der Waals surface area contributed by atoms with E-state index in [0.717, 1.165) is 45.4 Å². The van der Waals surface area contributed by atoms with Crippen molar-refractivity contribution < 1.29 is 4.79 Å². The highest BCUT2D eigenvalue weighted by molar-refractivity contribution is 5.78. The van der Waals surface area contributed by atoms with Gasteiger partial charge in [-0.25, -0.2) is 0 Å². The maximum atomic E-state index is 11.9. The Labute approximate surface area is 118 Å². The van der Waals surface area contributed by atoms with Gasteiger partial charge in [0.25, 0.3) is 0 Å². The van der Waals surface area contributed by atoms with Crippen LogP contribution in [0.2, 0.25) is 0 Å². The number of hydrogen-bond acceptors (Lipinski definition) is 3. The lowest BCUT2D eigenvalue weighted by molar-refractivity contribution is -0.125. The third kappa shape index (κ3) is 6.92. The smallest absolute Gasteiger partial charge is 0.224 e. The first kappa shape index (κ1) is 16.4. The molecule has 0 radical (unpaired) electrons. The van der Waals surface area contributed by atoms with Gasteiger partial charge < -0.3 is 15.5 Å². The Kier molecular flexibility index (Phi) is 8.84. The molecule has 1 aliphatic heterocycles. The second kappa shape index (κ2) is 10.2. The number of piperidine rings is 1. The molecule has 0 aliphatic carbocycles. The quantitative estimate of drug-likeness (QED) is 0.625. The van der Waals surface area contributed by atoms with E-state index >= 15 is 0 Å². The Morgan fingerprint density at radius 3 is 2.58 bits per heavy atom. The lowest BCUT2D eigenvalue weighted by atomic mass is 9.99. The second-order valence-corrected chi connectivity index (χ2v) is 5.53. The molecule has 0 aromatic rings. The van der Waals surface area contributed by atoms with E-state index in [-0.39, 0.29) is 11.8 Å². The summed E-state index contributed by atoms with van der Waals surface area (Å²) in [6.45, 7) is 10.6. The number of nitrogens with one attached hydrogen (secondary N) is 2. The molecule has 0 aromatic heterocycles. The molecular formula is C15H31N3O. The summed E-state index contributed by atoms with van der Waals surface area (Å²) in [6.07, 6.45) is 5.64. The van der Waals surface area contributed by atoms with Gasteiger partial charge in [-0.2, -0.15) is 0 Å². The van der Waals surface area contributed by atoms with E-state index in [1.165, 1.54) is 25.9 Å². The molecule has 0 saturated carbocycles. The van der Waals surface area contributed by atoms with Crippen LogP contribution >= 0.6 is 0 Å². The van der Waals surface area contributed by atoms with E-state index in [0.29, 0.717) is 0 Å². The van der Waals surface area contributed by atoms with Crippen molar-refractivity contribution in [3.05, 3.63) is 0 Å². The zero-order valence-electron chi connectivity index (χ0n) is 12.7. The molecule has 1 aliphatic rings. The molecule has 112 valence electrons. The first-order valence-electron chi connectivity index (χ1n) is 7.98. The average molecular weight is 269 g/mol. The first-order valence-corrected chi connectivity index (χ1v) is 7.98. The van der Waals surface area contributed by atoms with Crippen LogP contribution in [0.25, 0.3) is 0 Å². The summed E-state index contributed by atoms with van der Waals surface area (Å²) in [5, 5.41) is 6.38. The highest BCUT2D eigenvalue weighted by atomic mass is 16.1. The fourth-order valence-corrected chi connectivity index (χ4v) is 2.70. The van der Waals surface area contributed by atoms with Crippen LogP contribution in [0.3, 0.4) is 0 Å². The fourth-order valence-electron chi connectivity index (χ4n) is 2.70. The third-order valence-corrected chi connectivity index (χ3v) is 3.70. The summed E-state index contributed by atoms with van der Waals surface area (Å²) < 4.78 is 0. The Morgan fingerprint density at radius 2 is 2.00 bits per heavy atom. The van der Waals surface area contributed by atoms with E-state index in [4.69, 9.17) is 0 Å². The van der Waals surface area contributed by atoms with Crippen LogP contribution in [0.15, 0.2) is 0 Å². The van der Waals surface area contributed by atoms with Crippen molar-refractivity contribution in [3.63, 3.8) is 0 Å². The molecule has 0 bridgehead atoms. The molecule has 1 heterocycles. The molecule has 1 fully saturated rings. The Balaban J connectivity index is 2.09. The van der Waals surface area contributed by atoms with Gasteiger partial charge in [0.15, 0.2) is 0 Å². The zero-order chi connectivity index (χ0) is 13.9. The van der Waals surface area contributed by atoms with Crippen LogP contribution in [0.1, 0.15) is 46.0 Å². The minimum atomic E-state index is 0.191. The van der Waals surface area contributed by atoms with Crippen molar-refractivity contribution in [1.82, 2.24) is 15.5 Å². The number of carbonyl (C=O) groups excluding carboxylic acids is 1. The number of carbonyl (C=O) groups is 1. The normalized spacial score (nSPS) is 19.6. The second-order valence-electron chi connectivity index (χ2n) is 5.53. The molecule has 4 heteroatoms. The third-order valence-electron chi connectivity index (χ3n) is 3.70. The van der Waals surface area contributed by atoms with Crippen molar-refractivity contribution in [2.24, 2.45) is 5.92 Å². The SMILES string of the molecule is CCCN(CCC)CCCNC(=O)C1CCCNC1. The van der Waals surface area contributed by atoms with Crippen LogP contribution in [-0.2, 0) is 4.79 Å². The van der Waals surface area contributed by atoms with Crippen molar-refractivity contribution in [3.8, 4) is 0 Å². The van der Waals surface area contributed by atoms with Gasteiger partial charge in [-0.1, -0.05) is 13.8 Å². The van der Waals surface area contributed by atoms with Crippen molar-refractivity contribution in [1.29, 1.82) is 0 Å². The minimum absolute atomic E-state index is 0.191. The number of hydrogen-bond donors (Lipinski definition) is 2. The summed E-state index contributed by atoms with van der Waals surface area (Å²) in [5.74, 6) is 0.431. The Morgan fingerprint density at radius 1 is 1.26 bits per heavy atom. The van der Waals surface area contributed by atoms with Crippen LogP contribution in [0, 0.1) is 5.92 Å². The molecule has 0 aromatic carbocycles. The van der Waals surface area contributed by atoms with Crippen molar-refractivity contribution in [2.45, 2.75) is 46.0 Å². The van der Waals surface area contributed by atoms with E-state index in [9.17, 15) is 4.79 Å². The molecule has 1 rings (SSSR count). The molecule has 1 unspecified atom stereocenters. The van der Waals surface area contributed by atoms with Gasteiger partial charge in [-0.3, -0.25) is 4.79 Å². The Bertz CT molecular complexity index is 234. The summed E-state index contributed by atoms with van der Waals surface area (Å²) in [7, 11) is 0. The monoisotopic (exact) mass is 269 g/mol. The summed E-state index contributed by atoms with van der Waals surface area (Å²) in [6, 6.07) is 0. The highest BCUT2D eigenvalue weighted by Crippen LogP contribution is 2.09. The molecule has 1 amide bonds. The van der Waals surface area contributed by atoms with Gasteiger partial charge in [-0.05, 0) is 58.3 Å². The summed E-state index contributed by atoms with van der Waals surface area (Å²) in [5.41, 5.74) is 0. The lowest BCUT2D eigenvalue weighted by Gasteiger charge is -2.23. The van der Waals surface area contributed by atoms with Gasteiger partial charge >= 0.3 is 0 Å². The minimum Gasteiger partial charge on any atom is -0.356 e. The molecule has 1 atom stereocenters. The molecule has 2 N–H and O–H groups in total. The summed E-state index contributed by atoms with van der Waals surface area (Å²) in [4.78, 5) is 14.4. The number of amides is 1. The molecule has 4 nitrogen and oxygen atoms in total.